The second-order valence-electron chi connectivity index (χ2n) is 9.81. The first-order valence-electron chi connectivity index (χ1n) is 12.5. The number of rotatable bonds is 12. The maximum absolute atomic E-state index is 13.4. The van der Waals surface area contributed by atoms with E-state index in [4.69, 9.17) is 5.73 Å². The first-order valence-corrected chi connectivity index (χ1v) is 14.0. The van der Waals surface area contributed by atoms with E-state index in [0.717, 1.165) is 16.7 Å². The van der Waals surface area contributed by atoms with Crippen molar-refractivity contribution in [2.24, 2.45) is 11.7 Å². The minimum Gasteiger partial charge on any atom is -0.389 e. The molecule has 0 radical (unpaired) electrons. The molecule has 5 N–H and O–H groups in total. The maximum atomic E-state index is 13.4. The van der Waals surface area contributed by atoms with Crippen molar-refractivity contribution in [2.75, 3.05) is 0 Å². The molecule has 1 amide bonds. The van der Waals surface area contributed by atoms with E-state index in [-0.39, 0.29) is 10.8 Å². The lowest BCUT2D eigenvalue weighted by molar-refractivity contribution is -0.125. The van der Waals surface area contributed by atoms with Crippen molar-refractivity contribution in [3.63, 3.8) is 0 Å². The van der Waals surface area contributed by atoms with Crippen molar-refractivity contribution in [3.05, 3.63) is 102 Å². The third kappa shape index (κ3) is 8.23. The standard InChI is InChI=1S/C29H37N3O4S/c1-20(2)27(32-37(35,36)24-16-14-21(3)15-17-24)29(34)31-26(19-23-12-8-5-9-13-23)28(33)25(30)18-22-10-6-4-7-11-22/h4-17,20,25-28,32-33H,18-19,30H2,1-3H3,(H,31,34)/t25?,26?,27-,28?/m0/s1. The number of aliphatic hydroxyl groups is 1. The average Bonchev–Trinajstić information content (AvgIpc) is 2.87. The molecule has 0 heterocycles. The van der Waals surface area contributed by atoms with Crippen LogP contribution in [0.25, 0.3) is 0 Å². The Bertz CT molecular complexity index is 1230. The zero-order valence-electron chi connectivity index (χ0n) is 21.5. The number of nitrogens with two attached hydrogens (primary N) is 1. The summed E-state index contributed by atoms with van der Waals surface area (Å²) in [5.41, 5.74) is 9.22. The van der Waals surface area contributed by atoms with Crippen molar-refractivity contribution in [1.82, 2.24) is 10.0 Å². The number of carbonyl (C=O) groups is 1. The van der Waals surface area contributed by atoms with Crippen molar-refractivity contribution >= 4 is 15.9 Å². The van der Waals surface area contributed by atoms with Crippen LogP contribution in [0.2, 0.25) is 0 Å². The number of hydrogen-bond donors (Lipinski definition) is 4. The SMILES string of the molecule is Cc1ccc(S(=O)(=O)N[C@H](C(=O)NC(Cc2ccccc2)C(O)C(N)Cc2ccccc2)C(C)C)cc1. The van der Waals surface area contributed by atoms with Gasteiger partial charge in [0.2, 0.25) is 15.9 Å². The number of amides is 1. The summed E-state index contributed by atoms with van der Waals surface area (Å²) in [7, 11) is -3.94. The molecule has 7 nitrogen and oxygen atoms in total. The van der Waals surface area contributed by atoms with Crippen molar-refractivity contribution in [2.45, 2.75) is 62.7 Å². The van der Waals surface area contributed by atoms with Gasteiger partial charge in [-0.25, -0.2) is 8.42 Å². The summed E-state index contributed by atoms with van der Waals surface area (Å²) >= 11 is 0. The van der Waals surface area contributed by atoms with E-state index in [9.17, 15) is 18.3 Å². The molecule has 3 aromatic carbocycles. The first kappa shape index (κ1) is 28.5. The molecule has 8 heteroatoms. The third-order valence-electron chi connectivity index (χ3n) is 6.35. The zero-order chi connectivity index (χ0) is 27.0. The van der Waals surface area contributed by atoms with E-state index in [1.807, 2.05) is 67.6 Å². The highest BCUT2D eigenvalue weighted by molar-refractivity contribution is 7.89. The summed E-state index contributed by atoms with van der Waals surface area (Å²) in [6.07, 6.45) is -0.298. The predicted octanol–water partition coefficient (Wildman–Crippen LogP) is 2.96. The van der Waals surface area contributed by atoms with Crippen LogP contribution in [0.15, 0.2) is 89.8 Å². The topological polar surface area (TPSA) is 122 Å². The van der Waals surface area contributed by atoms with Crippen LogP contribution in [0.3, 0.4) is 0 Å². The molecular formula is C29H37N3O4S. The molecule has 0 saturated carbocycles. The van der Waals surface area contributed by atoms with Crippen LogP contribution in [0.4, 0.5) is 0 Å². The fourth-order valence-electron chi connectivity index (χ4n) is 4.15. The molecule has 3 unspecified atom stereocenters. The van der Waals surface area contributed by atoms with Crippen LogP contribution in [0, 0.1) is 12.8 Å². The fourth-order valence-corrected chi connectivity index (χ4v) is 5.49. The van der Waals surface area contributed by atoms with Crippen molar-refractivity contribution in [1.29, 1.82) is 0 Å². The molecule has 0 aliphatic carbocycles. The van der Waals surface area contributed by atoms with E-state index < -0.39 is 40.2 Å². The van der Waals surface area contributed by atoms with Gasteiger partial charge >= 0.3 is 0 Å². The second-order valence-corrected chi connectivity index (χ2v) is 11.5. The maximum Gasteiger partial charge on any atom is 0.241 e. The second kappa shape index (κ2) is 13.0. The van der Waals surface area contributed by atoms with Crippen LogP contribution >= 0.6 is 0 Å². The number of nitrogens with one attached hydrogen (secondary N) is 2. The zero-order valence-corrected chi connectivity index (χ0v) is 22.4. The van der Waals surface area contributed by atoms with E-state index in [1.54, 1.807) is 26.0 Å². The molecule has 0 aliphatic rings. The average molecular weight is 524 g/mol. The molecular weight excluding hydrogens is 486 g/mol. The van der Waals surface area contributed by atoms with Gasteiger partial charge < -0.3 is 16.2 Å². The summed E-state index contributed by atoms with van der Waals surface area (Å²) in [6.45, 7) is 5.41. The smallest absolute Gasteiger partial charge is 0.241 e. The summed E-state index contributed by atoms with van der Waals surface area (Å²) in [5, 5.41) is 14.1. The lowest BCUT2D eigenvalue weighted by atomic mass is 9.92. The van der Waals surface area contributed by atoms with Crippen LogP contribution in [-0.2, 0) is 27.7 Å². The minimum atomic E-state index is -3.94. The molecule has 0 aromatic heterocycles. The molecule has 0 spiro atoms. The van der Waals surface area contributed by atoms with Crippen molar-refractivity contribution < 1.29 is 18.3 Å². The molecule has 0 aliphatic heterocycles. The first-order chi connectivity index (χ1) is 17.6. The summed E-state index contributed by atoms with van der Waals surface area (Å²) in [5.74, 6) is -0.856. The van der Waals surface area contributed by atoms with Crippen LogP contribution in [0.5, 0.6) is 0 Å². The van der Waals surface area contributed by atoms with Gasteiger partial charge in [0, 0.05) is 6.04 Å². The number of benzene rings is 3. The normalized spacial score (nSPS) is 15.1. The van der Waals surface area contributed by atoms with Crippen LogP contribution in [0.1, 0.15) is 30.5 Å². The van der Waals surface area contributed by atoms with Gasteiger partial charge in [-0.05, 0) is 48.9 Å². The highest BCUT2D eigenvalue weighted by Crippen LogP contribution is 2.16. The molecule has 198 valence electrons. The molecule has 0 bridgehead atoms. The molecule has 3 rings (SSSR count). The monoisotopic (exact) mass is 523 g/mol. The van der Waals surface area contributed by atoms with Gasteiger partial charge in [0.05, 0.1) is 17.0 Å². The number of carbonyl (C=O) groups excluding carboxylic acids is 1. The van der Waals surface area contributed by atoms with E-state index >= 15 is 0 Å². The highest BCUT2D eigenvalue weighted by atomic mass is 32.2. The number of aliphatic hydroxyl groups excluding tert-OH is 1. The summed E-state index contributed by atoms with van der Waals surface area (Å²) in [4.78, 5) is 13.5. The molecule has 3 aromatic rings. The Morgan fingerprint density at radius 3 is 1.89 bits per heavy atom. The van der Waals surface area contributed by atoms with Gasteiger partial charge in [0.25, 0.3) is 0 Å². The number of sulfonamides is 1. The molecule has 37 heavy (non-hydrogen) atoms. The van der Waals surface area contributed by atoms with Gasteiger partial charge in [-0.3, -0.25) is 4.79 Å². The highest BCUT2D eigenvalue weighted by Gasteiger charge is 2.33. The van der Waals surface area contributed by atoms with E-state index in [1.165, 1.54) is 12.1 Å². The van der Waals surface area contributed by atoms with Gasteiger partial charge in [0.15, 0.2) is 0 Å². The molecule has 0 fully saturated rings. The Kier molecular flexibility index (Phi) is 10.00. The van der Waals surface area contributed by atoms with Gasteiger partial charge in [-0.2, -0.15) is 4.72 Å². The van der Waals surface area contributed by atoms with E-state index in [2.05, 4.69) is 10.0 Å². The Labute approximate surface area is 220 Å². The molecule has 0 saturated heterocycles. The van der Waals surface area contributed by atoms with Crippen LogP contribution < -0.4 is 15.8 Å². The summed E-state index contributed by atoms with van der Waals surface area (Å²) in [6, 6.07) is 23.1. The van der Waals surface area contributed by atoms with Gasteiger partial charge in [-0.15, -0.1) is 0 Å². The largest absolute Gasteiger partial charge is 0.389 e. The number of aryl methyl sites for hydroxylation is 1. The third-order valence-corrected chi connectivity index (χ3v) is 7.81. The lowest BCUT2D eigenvalue weighted by Crippen LogP contribution is -2.58. The predicted molar refractivity (Wildman–Crippen MR) is 146 cm³/mol. The van der Waals surface area contributed by atoms with E-state index in [0.29, 0.717) is 12.8 Å². The molecule has 4 atom stereocenters. The lowest BCUT2D eigenvalue weighted by Gasteiger charge is -2.31. The van der Waals surface area contributed by atoms with Crippen molar-refractivity contribution in [3.8, 4) is 0 Å². The summed E-state index contributed by atoms with van der Waals surface area (Å²) < 4.78 is 28.6. The van der Waals surface area contributed by atoms with Gasteiger partial charge in [0.1, 0.15) is 6.04 Å². The fraction of sp³-hybridized carbons (Fsp3) is 0.345. The van der Waals surface area contributed by atoms with Crippen LogP contribution in [-0.4, -0.2) is 43.7 Å². The van der Waals surface area contributed by atoms with Gasteiger partial charge in [-0.1, -0.05) is 92.2 Å². The Hall–Kier alpha value is -3.04. The number of hydrogen-bond acceptors (Lipinski definition) is 5. The Balaban J connectivity index is 1.81. The Morgan fingerprint density at radius 2 is 1.38 bits per heavy atom. The minimum absolute atomic E-state index is 0.0855. The Morgan fingerprint density at radius 1 is 0.865 bits per heavy atom. The quantitative estimate of drug-likeness (QED) is 0.291.